The molecule has 1 fully saturated rings. The molecule has 194 valence electrons. The SMILES string of the molecule is O=C(CNC(=O)c1ccc(S(=O)(=O)Nc2ccccc2Nc2ccccc2)cc1)NCC1CCNCC1. The van der Waals surface area contributed by atoms with Crippen molar-refractivity contribution in [2.45, 2.75) is 17.7 Å². The lowest BCUT2D eigenvalue weighted by Crippen LogP contribution is -2.40. The first kappa shape index (κ1) is 26.2. The lowest BCUT2D eigenvalue weighted by atomic mass is 9.98. The van der Waals surface area contributed by atoms with Crippen molar-refractivity contribution < 1.29 is 18.0 Å². The number of benzene rings is 3. The molecule has 3 aromatic carbocycles. The smallest absolute Gasteiger partial charge is 0.261 e. The molecule has 0 bridgehead atoms. The second-order valence-electron chi connectivity index (χ2n) is 8.85. The first-order valence-corrected chi connectivity index (χ1v) is 13.7. The summed E-state index contributed by atoms with van der Waals surface area (Å²) in [7, 11) is -3.90. The number of hydrogen-bond donors (Lipinski definition) is 5. The van der Waals surface area contributed by atoms with Crippen LogP contribution >= 0.6 is 0 Å². The molecular weight excluding hydrogens is 490 g/mol. The molecular formula is C27H31N5O4S. The highest BCUT2D eigenvalue weighted by molar-refractivity contribution is 7.92. The van der Waals surface area contributed by atoms with E-state index in [0.717, 1.165) is 31.6 Å². The maximum Gasteiger partial charge on any atom is 0.261 e. The van der Waals surface area contributed by atoms with Crippen LogP contribution in [0.25, 0.3) is 0 Å². The Labute approximate surface area is 217 Å². The van der Waals surface area contributed by atoms with Crippen LogP contribution in [0.5, 0.6) is 0 Å². The molecule has 4 rings (SSSR count). The van der Waals surface area contributed by atoms with E-state index in [0.29, 0.717) is 23.8 Å². The molecule has 0 atom stereocenters. The number of carbonyl (C=O) groups excluding carboxylic acids is 2. The van der Waals surface area contributed by atoms with E-state index in [4.69, 9.17) is 0 Å². The highest BCUT2D eigenvalue weighted by Gasteiger charge is 2.18. The molecule has 0 aromatic heterocycles. The Morgan fingerprint density at radius 1 is 0.811 bits per heavy atom. The first-order valence-electron chi connectivity index (χ1n) is 12.2. The van der Waals surface area contributed by atoms with Crippen molar-refractivity contribution in [1.82, 2.24) is 16.0 Å². The molecule has 2 amide bonds. The third kappa shape index (κ3) is 7.55. The summed E-state index contributed by atoms with van der Waals surface area (Å²) < 4.78 is 28.6. The fourth-order valence-electron chi connectivity index (χ4n) is 4.02. The topological polar surface area (TPSA) is 128 Å². The first-order chi connectivity index (χ1) is 17.9. The van der Waals surface area contributed by atoms with Gasteiger partial charge in [0.2, 0.25) is 5.91 Å². The number of carbonyl (C=O) groups is 2. The Morgan fingerprint density at radius 3 is 2.16 bits per heavy atom. The van der Waals surface area contributed by atoms with Gasteiger partial charge in [-0.1, -0.05) is 30.3 Å². The molecule has 9 nitrogen and oxygen atoms in total. The second kappa shape index (κ2) is 12.4. The Balaban J connectivity index is 1.33. The monoisotopic (exact) mass is 521 g/mol. The Morgan fingerprint density at radius 2 is 1.46 bits per heavy atom. The summed E-state index contributed by atoms with van der Waals surface area (Å²) in [6, 6.07) is 22.0. The van der Waals surface area contributed by atoms with Gasteiger partial charge >= 0.3 is 0 Å². The van der Waals surface area contributed by atoms with Crippen LogP contribution in [0.4, 0.5) is 17.1 Å². The molecule has 5 N–H and O–H groups in total. The second-order valence-corrected chi connectivity index (χ2v) is 10.5. The summed E-state index contributed by atoms with van der Waals surface area (Å²) in [5.74, 6) is -0.255. The zero-order valence-electron chi connectivity index (χ0n) is 20.4. The fourth-order valence-corrected chi connectivity index (χ4v) is 5.10. The Kier molecular flexibility index (Phi) is 8.76. The minimum atomic E-state index is -3.90. The van der Waals surface area contributed by atoms with E-state index in [2.05, 4.69) is 26.0 Å². The number of sulfonamides is 1. The molecule has 37 heavy (non-hydrogen) atoms. The van der Waals surface area contributed by atoms with Crippen LogP contribution in [-0.2, 0) is 14.8 Å². The van der Waals surface area contributed by atoms with Crippen LogP contribution in [0, 0.1) is 5.92 Å². The van der Waals surface area contributed by atoms with Crippen LogP contribution in [0.3, 0.4) is 0 Å². The predicted octanol–water partition coefficient (Wildman–Crippen LogP) is 3.08. The van der Waals surface area contributed by atoms with Crippen LogP contribution in [0.15, 0.2) is 83.8 Å². The van der Waals surface area contributed by atoms with Crippen molar-refractivity contribution in [3.63, 3.8) is 0 Å². The van der Waals surface area contributed by atoms with Crippen molar-refractivity contribution in [2.24, 2.45) is 5.92 Å². The summed E-state index contributed by atoms with van der Waals surface area (Å²) in [5, 5.41) is 11.9. The van der Waals surface area contributed by atoms with Gasteiger partial charge in [0.15, 0.2) is 0 Å². The Bertz CT molecular complexity index is 1310. The number of piperidine rings is 1. The van der Waals surface area contributed by atoms with Crippen molar-refractivity contribution in [2.75, 3.05) is 36.2 Å². The predicted molar refractivity (Wildman–Crippen MR) is 144 cm³/mol. The van der Waals surface area contributed by atoms with E-state index in [-0.39, 0.29) is 22.9 Å². The fraction of sp³-hybridized carbons (Fsp3) is 0.259. The van der Waals surface area contributed by atoms with E-state index in [9.17, 15) is 18.0 Å². The third-order valence-electron chi connectivity index (χ3n) is 6.11. The lowest BCUT2D eigenvalue weighted by Gasteiger charge is -2.22. The van der Waals surface area contributed by atoms with Gasteiger partial charge in [-0.25, -0.2) is 8.42 Å². The van der Waals surface area contributed by atoms with Gasteiger partial charge in [0.05, 0.1) is 22.8 Å². The largest absolute Gasteiger partial charge is 0.354 e. The molecule has 0 aliphatic carbocycles. The zero-order chi connectivity index (χ0) is 26.1. The number of nitrogens with one attached hydrogen (secondary N) is 5. The molecule has 0 radical (unpaired) electrons. The lowest BCUT2D eigenvalue weighted by molar-refractivity contribution is -0.120. The highest BCUT2D eigenvalue weighted by atomic mass is 32.2. The highest BCUT2D eigenvalue weighted by Crippen LogP contribution is 2.27. The summed E-state index contributed by atoms with van der Waals surface area (Å²) in [6.07, 6.45) is 2.04. The number of anilines is 3. The average molecular weight is 522 g/mol. The van der Waals surface area contributed by atoms with Crippen molar-refractivity contribution in [1.29, 1.82) is 0 Å². The van der Waals surface area contributed by atoms with E-state index in [1.165, 1.54) is 24.3 Å². The minimum absolute atomic E-state index is 0.0123. The van der Waals surface area contributed by atoms with Crippen molar-refractivity contribution in [3.8, 4) is 0 Å². The number of hydrogen-bond acceptors (Lipinski definition) is 6. The maximum absolute atomic E-state index is 13.0. The average Bonchev–Trinajstić information content (AvgIpc) is 2.93. The van der Waals surface area contributed by atoms with Crippen molar-refractivity contribution in [3.05, 3.63) is 84.4 Å². The van der Waals surface area contributed by atoms with E-state index < -0.39 is 15.9 Å². The molecule has 3 aromatic rings. The maximum atomic E-state index is 13.0. The Hall–Kier alpha value is -3.89. The van der Waals surface area contributed by atoms with Crippen LogP contribution in [0.1, 0.15) is 23.2 Å². The normalized spacial score (nSPS) is 13.9. The van der Waals surface area contributed by atoms with Gasteiger partial charge < -0.3 is 21.3 Å². The van der Waals surface area contributed by atoms with Gasteiger partial charge in [-0.3, -0.25) is 14.3 Å². The van der Waals surface area contributed by atoms with E-state index in [1.807, 2.05) is 36.4 Å². The van der Waals surface area contributed by atoms with Crippen LogP contribution in [-0.4, -0.2) is 46.4 Å². The van der Waals surface area contributed by atoms with Gasteiger partial charge in [-0.05, 0) is 80.4 Å². The molecule has 1 heterocycles. The number of rotatable bonds is 10. The molecule has 1 aliphatic heterocycles. The van der Waals surface area contributed by atoms with E-state index >= 15 is 0 Å². The molecule has 0 spiro atoms. The molecule has 0 saturated carbocycles. The standard InChI is InChI=1S/C27H31N5O4S/c33-26(29-18-20-14-16-28-17-15-20)19-30-27(34)21-10-12-23(13-11-21)37(35,36)32-25-9-5-4-8-24(25)31-22-6-2-1-3-7-22/h1-13,20,28,31-32H,14-19H2,(H,29,33)(H,30,34). The summed E-state index contributed by atoms with van der Waals surface area (Å²) in [5.41, 5.74) is 2.08. The molecule has 1 saturated heterocycles. The minimum Gasteiger partial charge on any atom is -0.354 e. The van der Waals surface area contributed by atoms with Gasteiger partial charge in [-0.2, -0.15) is 0 Å². The zero-order valence-corrected chi connectivity index (χ0v) is 21.2. The van der Waals surface area contributed by atoms with Crippen LogP contribution in [0.2, 0.25) is 0 Å². The van der Waals surface area contributed by atoms with Gasteiger partial charge in [0.1, 0.15) is 0 Å². The van der Waals surface area contributed by atoms with Gasteiger partial charge in [0.25, 0.3) is 15.9 Å². The summed E-state index contributed by atoms with van der Waals surface area (Å²) in [4.78, 5) is 24.6. The third-order valence-corrected chi connectivity index (χ3v) is 7.49. The molecule has 0 unspecified atom stereocenters. The quantitative estimate of drug-likeness (QED) is 0.279. The van der Waals surface area contributed by atoms with Gasteiger partial charge in [0, 0.05) is 17.8 Å². The van der Waals surface area contributed by atoms with Crippen molar-refractivity contribution >= 4 is 38.9 Å². The summed E-state index contributed by atoms with van der Waals surface area (Å²) >= 11 is 0. The number of para-hydroxylation sites is 3. The molecule has 10 heteroatoms. The van der Waals surface area contributed by atoms with Gasteiger partial charge in [-0.15, -0.1) is 0 Å². The number of amides is 2. The van der Waals surface area contributed by atoms with Crippen LogP contribution < -0.4 is 26.0 Å². The van der Waals surface area contributed by atoms with E-state index in [1.54, 1.807) is 18.2 Å². The summed E-state index contributed by atoms with van der Waals surface area (Å²) in [6.45, 7) is 2.36. The molecule has 1 aliphatic rings.